The molecule has 0 saturated carbocycles. The first-order valence-corrected chi connectivity index (χ1v) is 20.7. The van der Waals surface area contributed by atoms with Gasteiger partial charge in [-0.2, -0.15) is 5.11 Å². The number of anilines is 1. The molecular weight excluding hydrogens is 848 g/mol. The maximum atomic E-state index is 12.4. The van der Waals surface area contributed by atoms with Crippen LogP contribution in [0.25, 0.3) is 10.8 Å². The van der Waals surface area contributed by atoms with Crippen molar-refractivity contribution in [3.05, 3.63) is 84.6 Å². The number of rotatable bonds is 13. The third-order valence-electron chi connectivity index (χ3n) is 6.57. The topological polar surface area (TPSA) is 322 Å². The van der Waals surface area contributed by atoms with Gasteiger partial charge in [0.2, 0.25) is 0 Å². The van der Waals surface area contributed by atoms with Gasteiger partial charge in [-0.3, -0.25) is 0 Å². The summed E-state index contributed by atoms with van der Waals surface area (Å²) in [6.45, 7) is 6.30. The van der Waals surface area contributed by atoms with E-state index in [0.717, 1.165) is 36.4 Å². The number of fused-ring (bicyclic) bond motifs is 1. The fourth-order valence-corrected chi connectivity index (χ4v) is 7.29. The van der Waals surface area contributed by atoms with Gasteiger partial charge in [0.05, 0.1) is 31.0 Å². The van der Waals surface area contributed by atoms with Gasteiger partial charge in [-0.1, -0.05) is 13.2 Å². The van der Waals surface area contributed by atoms with Gasteiger partial charge in [0.25, 0.3) is 0 Å². The smallest absolute Gasteiger partial charge is 0.747 e. The second-order valence-electron chi connectivity index (χ2n) is 9.86. The SMILES string of the molecule is C=CS(=O)(=O)c1ccc(N=Nc2c(S(=O)(=O)[O-])cc3c(N=Nc4ccc(S(=O)(=O)C=C)cc4S(=O)(=O)[O-])c(NCS(=O)(=O)[O-])ccc3c2O)cc1.[Na+].[Na+].[Na+]. The van der Waals surface area contributed by atoms with Crippen molar-refractivity contribution in [1.82, 2.24) is 0 Å². The van der Waals surface area contributed by atoms with E-state index in [2.05, 4.69) is 38.9 Å². The van der Waals surface area contributed by atoms with Crippen LogP contribution in [-0.4, -0.2) is 66.7 Å². The average Bonchev–Trinajstić information content (AvgIpc) is 3.04. The van der Waals surface area contributed by atoms with Crippen molar-refractivity contribution in [3.63, 3.8) is 0 Å². The van der Waals surface area contributed by atoms with Crippen LogP contribution in [0.3, 0.4) is 0 Å². The van der Waals surface area contributed by atoms with Crippen LogP contribution in [0, 0.1) is 0 Å². The fourth-order valence-electron chi connectivity index (χ4n) is 4.17. The molecule has 0 unspecified atom stereocenters. The molecule has 0 saturated heterocycles. The fraction of sp³-hybridized carbons (Fsp3) is 0.0370. The summed E-state index contributed by atoms with van der Waals surface area (Å²) in [5, 5.41) is 28.6. The number of sulfone groups is 2. The monoisotopic (exact) mass is 867 g/mol. The molecule has 0 aromatic heterocycles. The van der Waals surface area contributed by atoms with Crippen molar-refractivity contribution in [2.45, 2.75) is 19.6 Å². The van der Waals surface area contributed by atoms with Crippen LogP contribution >= 0.6 is 0 Å². The molecule has 0 spiro atoms. The van der Waals surface area contributed by atoms with Crippen LogP contribution in [0.5, 0.6) is 5.75 Å². The number of aromatic hydroxyl groups is 1. The van der Waals surface area contributed by atoms with Crippen LogP contribution in [0.15, 0.2) is 125 Å². The van der Waals surface area contributed by atoms with Crippen molar-refractivity contribution in [2.75, 3.05) is 11.2 Å². The molecule has 54 heavy (non-hydrogen) atoms. The number of nitrogens with zero attached hydrogens (tertiary/aromatic N) is 4. The maximum Gasteiger partial charge on any atom is 1.00 e. The number of hydrogen-bond donors (Lipinski definition) is 2. The van der Waals surface area contributed by atoms with E-state index in [1.807, 2.05) is 0 Å². The third-order valence-corrected chi connectivity index (χ3v) is 11.5. The van der Waals surface area contributed by atoms with Crippen molar-refractivity contribution in [1.29, 1.82) is 0 Å². The Morgan fingerprint density at radius 1 is 0.611 bits per heavy atom. The molecule has 0 fully saturated rings. The molecule has 0 amide bonds. The molecule has 4 aromatic rings. The molecule has 0 atom stereocenters. The van der Waals surface area contributed by atoms with Crippen LogP contribution in [0.1, 0.15) is 0 Å². The van der Waals surface area contributed by atoms with Gasteiger partial charge in [0, 0.05) is 21.6 Å². The predicted molar refractivity (Wildman–Crippen MR) is 176 cm³/mol. The minimum absolute atomic E-state index is 0. The zero-order chi connectivity index (χ0) is 38.2. The molecule has 27 heteroatoms. The standard InChI is InChI=1S/C27H23N5O14S5.3Na/c1-3-47(34,35)17-7-5-16(6-8-17)29-32-26-24(51(44,45)46)14-20-19(27(26)33)10-12-22(28-15-49(38,39)40)25(20)31-30-21-11-9-18(48(36,37)4-2)13-23(21)50(41,42)43;;;/h3-14,28,33H,1-2,15H2,(H,38,39,40)(H,41,42,43)(H,44,45,46);;;/q;3*+1/p-3. The van der Waals surface area contributed by atoms with Crippen LogP contribution in [0.2, 0.25) is 0 Å². The van der Waals surface area contributed by atoms with Gasteiger partial charge in [-0.25, -0.2) is 42.1 Å². The first kappa shape index (κ1) is 50.1. The summed E-state index contributed by atoms with van der Waals surface area (Å²) in [5.74, 6) is -2.29. The molecule has 19 nitrogen and oxygen atoms in total. The molecule has 0 aliphatic heterocycles. The molecule has 0 radical (unpaired) electrons. The van der Waals surface area contributed by atoms with E-state index in [9.17, 15) is 60.9 Å². The first-order valence-electron chi connectivity index (χ1n) is 13.2. The Morgan fingerprint density at radius 3 is 1.65 bits per heavy atom. The van der Waals surface area contributed by atoms with Crippen molar-refractivity contribution >= 4 is 89.2 Å². The van der Waals surface area contributed by atoms with Gasteiger partial charge < -0.3 is 24.1 Å². The number of benzene rings is 4. The predicted octanol–water partition coefficient (Wildman–Crippen LogP) is -5.05. The Kier molecular flexibility index (Phi) is 17.6. The summed E-state index contributed by atoms with van der Waals surface area (Å²) >= 11 is 0. The molecule has 0 heterocycles. The van der Waals surface area contributed by atoms with E-state index >= 15 is 0 Å². The Hall–Kier alpha value is -1.95. The summed E-state index contributed by atoms with van der Waals surface area (Å²) in [6, 6.07) is 9.38. The summed E-state index contributed by atoms with van der Waals surface area (Å²) in [5.41, 5.74) is -2.73. The first-order chi connectivity index (χ1) is 23.5. The number of phenols is 1. The minimum Gasteiger partial charge on any atom is -0.747 e. The van der Waals surface area contributed by atoms with E-state index in [4.69, 9.17) is 0 Å². The van der Waals surface area contributed by atoms with Crippen molar-refractivity contribution < 1.29 is 150 Å². The Morgan fingerprint density at radius 2 is 1.13 bits per heavy atom. The number of phenolic OH excluding ortho intramolecular Hbond substituents is 1. The van der Waals surface area contributed by atoms with Gasteiger partial charge in [0.15, 0.2) is 25.4 Å². The Balaban J connectivity index is 0.00000486. The third kappa shape index (κ3) is 12.0. The van der Waals surface area contributed by atoms with E-state index in [-0.39, 0.29) is 105 Å². The van der Waals surface area contributed by atoms with E-state index in [1.54, 1.807) is 0 Å². The van der Waals surface area contributed by atoms with E-state index in [0.29, 0.717) is 22.9 Å². The number of azo groups is 2. The zero-order valence-electron chi connectivity index (χ0n) is 28.1. The number of hydrogen-bond acceptors (Lipinski definition) is 19. The van der Waals surface area contributed by atoms with Gasteiger partial charge in [-0.15, -0.1) is 15.3 Å². The van der Waals surface area contributed by atoms with Gasteiger partial charge in [0.1, 0.15) is 53.3 Å². The quantitative estimate of drug-likeness (QED) is 0.0722. The minimum atomic E-state index is -5.54. The summed E-state index contributed by atoms with van der Waals surface area (Å²) in [4.78, 5) is -3.22. The van der Waals surface area contributed by atoms with Crippen molar-refractivity contribution in [3.8, 4) is 5.75 Å². The summed E-state index contributed by atoms with van der Waals surface area (Å²) in [6.07, 6.45) is 0. The molecular formula is C27H20N5Na3O14S5. The zero-order valence-corrected chi connectivity index (χ0v) is 38.2. The number of nitrogens with one attached hydrogen (secondary N) is 1. The second-order valence-corrected chi connectivity index (χ2v) is 17.8. The largest absolute Gasteiger partial charge is 1.00 e. The van der Waals surface area contributed by atoms with Crippen LogP contribution in [-0.2, 0) is 50.0 Å². The molecule has 4 rings (SSSR count). The molecule has 270 valence electrons. The maximum absolute atomic E-state index is 12.4. The van der Waals surface area contributed by atoms with Crippen molar-refractivity contribution in [2.24, 2.45) is 20.5 Å². The molecule has 2 N–H and O–H groups in total. The second kappa shape index (κ2) is 19.0. The summed E-state index contributed by atoms with van der Waals surface area (Å²) in [7, 11) is -24.0. The van der Waals surface area contributed by atoms with Crippen LogP contribution in [0.4, 0.5) is 28.4 Å². The van der Waals surface area contributed by atoms with Gasteiger partial charge in [-0.05, 0) is 60.7 Å². The van der Waals surface area contributed by atoms with Gasteiger partial charge >= 0.3 is 88.7 Å². The summed E-state index contributed by atoms with van der Waals surface area (Å²) < 4.78 is 156. The Bertz CT molecular complexity index is 2750. The van der Waals surface area contributed by atoms with E-state index < -0.39 is 104 Å². The Labute approximate surface area is 375 Å². The average molecular weight is 868 g/mol. The molecule has 4 aromatic carbocycles. The molecule has 0 aliphatic rings. The van der Waals surface area contributed by atoms with E-state index in [1.165, 1.54) is 12.1 Å². The molecule has 0 aliphatic carbocycles. The van der Waals surface area contributed by atoms with Crippen LogP contribution < -0.4 is 94.0 Å². The molecule has 0 bridgehead atoms. The normalized spacial score (nSPS) is 12.4.